The molecule has 1 aliphatic carbocycles. The van der Waals surface area contributed by atoms with Gasteiger partial charge >= 0.3 is 0 Å². The average molecular weight is 207 g/mol. The molecule has 0 bridgehead atoms. The van der Waals surface area contributed by atoms with E-state index in [4.69, 9.17) is 0 Å². The molecule has 1 atom stereocenters. The van der Waals surface area contributed by atoms with Gasteiger partial charge in [-0.3, -0.25) is 4.79 Å². The molecule has 0 heterocycles. The van der Waals surface area contributed by atoms with Gasteiger partial charge in [0.1, 0.15) is 0 Å². The van der Waals surface area contributed by atoms with E-state index in [9.17, 15) is 4.79 Å². The normalized spacial score (nSPS) is 18.0. The van der Waals surface area contributed by atoms with E-state index >= 15 is 0 Å². The highest BCUT2D eigenvalue weighted by atomic mass is 16.1. The molecule has 15 heavy (non-hydrogen) atoms. The molecule has 0 unspecified atom stereocenters. The summed E-state index contributed by atoms with van der Waals surface area (Å²) in [5.74, 6) is 5.87. The fraction of sp³-hybridized carbons (Fsp3) is 0.769. The largest absolute Gasteiger partial charge is 0.343 e. The number of hydrogen-bond acceptors (Lipinski definition) is 1. The monoisotopic (exact) mass is 207 g/mol. The van der Waals surface area contributed by atoms with E-state index in [2.05, 4.69) is 24.1 Å². The highest BCUT2D eigenvalue weighted by molar-refractivity contribution is 5.93. The molecule has 1 N–H and O–H groups in total. The Morgan fingerprint density at radius 1 is 1.47 bits per heavy atom. The van der Waals surface area contributed by atoms with Gasteiger partial charge in [0.25, 0.3) is 5.91 Å². The number of hydrogen-bond donors (Lipinski definition) is 1. The predicted molar refractivity (Wildman–Crippen MR) is 62.2 cm³/mol. The first kappa shape index (κ1) is 12.1. The van der Waals surface area contributed by atoms with Gasteiger partial charge in [-0.15, -0.1) is 0 Å². The van der Waals surface area contributed by atoms with E-state index in [1.54, 1.807) is 6.92 Å². The molecule has 1 saturated carbocycles. The number of nitrogens with one attached hydrogen (secondary N) is 1. The van der Waals surface area contributed by atoms with Crippen molar-refractivity contribution < 1.29 is 4.79 Å². The number of carbonyl (C=O) groups excluding carboxylic acids is 1. The van der Waals surface area contributed by atoms with Crippen molar-refractivity contribution in [1.82, 2.24) is 5.32 Å². The highest BCUT2D eigenvalue weighted by Crippen LogP contribution is 2.28. The maximum atomic E-state index is 11.2. The average Bonchev–Trinajstić information content (AvgIpc) is 2.67. The van der Waals surface area contributed by atoms with Crippen LogP contribution in [-0.2, 0) is 4.79 Å². The fourth-order valence-electron chi connectivity index (χ4n) is 2.23. The topological polar surface area (TPSA) is 29.1 Å². The van der Waals surface area contributed by atoms with Gasteiger partial charge in [0.15, 0.2) is 0 Å². The molecule has 1 amide bonds. The van der Waals surface area contributed by atoms with Gasteiger partial charge in [0, 0.05) is 6.04 Å². The van der Waals surface area contributed by atoms with Gasteiger partial charge in [0.2, 0.25) is 0 Å². The van der Waals surface area contributed by atoms with E-state index < -0.39 is 0 Å². The fourth-order valence-corrected chi connectivity index (χ4v) is 2.23. The lowest BCUT2D eigenvalue weighted by molar-refractivity contribution is -0.116. The standard InChI is InChI=1S/C13H21NO/c1-3-6-13(15)14-11(2)9-10-12-7-4-5-8-12/h11-12H,4-5,7-10H2,1-2H3,(H,14,15)/t11-/m0/s1. The molecule has 0 aromatic carbocycles. The third-order valence-electron chi connectivity index (χ3n) is 3.10. The summed E-state index contributed by atoms with van der Waals surface area (Å²) >= 11 is 0. The van der Waals surface area contributed by atoms with E-state index in [1.807, 2.05) is 0 Å². The van der Waals surface area contributed by atoms with Crippen LogP contribution < -0.4 is 5.32 Å². The molecule has 84 valence electrons. The van der Waals surface area contributed by atoms with Crippen LogP contribution in [0.3, 0.4) is 0 Å². The van der Waals surface area contributed by atoms with Gasteiger partial charge in [-0.25, -0.2) is 0 Å². The molecular weight excluding hydrogens is 186 g/mol. The van der Waals surface area contributed by atoms with Crippen molar-refractivity contribution in [3.8, 4) is 11.8 Å². The Kier molecular flexibility index (Phi) is 5.25. The minimum absolute atomic E-state index is 0.142. The molecular formula is C13H21NO. The molecule has 1 fully saturated rings. The Balaban J connectivity index is 2.13. The van der Waals surface area contributed by atoms with Gasteiger partial charge < -0.3 is 5.32 Å². The molecule has 1 rings (SSSR count). The van der Waals surface area contributed by atoms with Crippen molar-refractivity contribution in [3.63, 3.8) is 0 Å². The van der Waals surface area contributed by atoms with Crippen molar-refractivity contribution in [3.05, 3.63) is 0 Å². The van der Waals surface area contributed by atoms with Gasteiger partial charge in [-0.05, 0) is 38.5 Å². The number of rotatable bonds is 4. The molecule has 1 aliphatic rings. The lowest BCUT2D eigenvalue weighted by Crippen LogP contribution is -2.31. The van der Waals surface area contributed by atoms with Crippen molar-refractivity contribution in [1.29, 1.82) is 0 Å². The molecule has 0 aromatic rings. The number of carbonyl (C=O) groups is 1. The first-order chi connectivity index (χ1) is 7.22. The Morgan fingerprint density at radius 2 is 2.13 bits per heavy atom. The summed E-state index contributed by atoms with van der Waals surface area (Å²) in [4.78, 5) is 11.2. The van der Waals surface area contributed by atoms with Crippen molar-refractivity contribution >= 4 is 5.91 Å². The van der Waals surface area contributed by atoms with Crippen LogP contribution in [0.25, 0.3) is 0 Å². The van der Waals surface area contributed by atoms with E-state index in [0.29, 0.717) is 0 Å². The Morgan fingerprint density at radius 3 is 2.73 bits per heavy atom. The molecule has 0 radical (unpaired) electrons. The van der Waals surface area contributed by atoms with Crippen LogP contribution in [0.4, 0.5) is 0 Å². The van der Waals surface area contributed by atoms with Crippen molar-refractivity contribution in [2.75, 3.05) is 0 Å². The minimum atomic E-state index is -0.142. The zero-order valence-corrected chi connectivity index (χ0v) is 9.81. The van der Waals surface area contributed by atoms with Gasteiger partial charge in [0.05, 0.1) is 0 Å². The first-order valence-electron chi connectivity index (χ1n) is 5.95. The van der Waals surface area contributed by atoms with E-state index in [-0.39, 0.29) is 11.9 Å². The van der Waals surface area contributed by atoms with Crippen LogP contribution in [0.15, 0.2) is 0 Å². The zero-order chi connectivity index (χ0) is 11.1. The smallest absolute Gasteiger partial charge is 0.296 e. The van der Waals surface area contributed by atoms with Crippen LogP contribution >= 0.6 is 0 Å². The van der Waals surface area contributed by atoms with Gasteiger partial charge in [-0.1, -0.05) is 31.6 Å². The van der Waals surface area contributed by atoms with Crippen molar-refractivity contribution in [2.45, 2.75) is 58.4 Å². The van der Waals surface area contributed by atoms with E-state index in [1.165, 1.54) is 32.1 Å². The summed E-state index contributed by atoms with van der Waals surface area (Å²) in [5.41, 5.74) is 0. The molecule has 2 nitrogen and oxygen atoms in total. The first-order valence-corrected chi connectivity index (χ1v) is 5.95. The van der Waals surface area contributed by atoms with Crippen LogP contribution in [0, 0.1) is 17.8 Å². The Labute approximate surface area is 92.8 Å². The molecule has 0 spiro atoms. The maximum Gasteiger partial charge on any atom is 0.296 e. The summed E-state index contributed by atoms with van der Waals surface area (Å²) < 4.78 is 0. The molecule has 2 heteroatoms. The summed E-state index contributed by atoms with van der Waals surface area (Å²) in [6, 6.07) is 0.263. The SMILES string of the molecule is CC#CC(=O)N[C@@H](C)CCC1CCCC1. The summed E-state index contributed by atoms with van der Waals surface area (Å²) in [5, 5.41) is 2.89. The number of amides is 1. The minimum Gasteiger partial charge on any atom is -0.343 e. The summed E-state index contributed by atoms with van der Waals surface area (Å²) in [7, 11) is 0. The second-order valence-electron chi connectivity index (χ2n) is 4.48. The maximum absolute atomic E-state index is 11.2. The van der Waals surface area contributed by atoms with Crippen LogP contribution in [0.2, 0.25) is 0 Å². The van der Waals surface area contributed by atoms with Crippen LogP contribution in [-0.4, -0.2) is 11.9 Å². The second-order valence-corrected chi connectivity index (χ2v) is 4.48. The predicted octanol–water partition coefficient (Wildman–Crippen LogP) is 2.48. The lowest BCUT2D eigenvalue weighted by atomic mass is 9.99. The zero-order valence-electron chi connectivity index (χ0n) is 9.81. The highest BCUT2D eigenvalue weighted by Gasteiger charge is 2.16. The lowest BCUT2D eigenvalue weighted by Gasteiger charge is -2.14. The Bertz CT molecular complexity index is 255. The molecule has 0 aliphatic heterocycles. The van der Waals surface area contributed by atoms with E-state index in [0.717, 1.165) is 12.3 Å². The van der Waals surface area contributed by atoms with Crippen LogP contribution in [0.5, 0.6) is 0 Å². The second kappa shape index (κ2) is 6.50. The van der Waals surface area contributed by atoms with Crippen molar-refractivity contribution in [2.24, 2.45) is 5.92 Å². The quantitative estimate of drug-likeness (QED) is 0.705. The summed E-state index contributed by atoms with van der Waals surface area (Å²) in [6.07, 6.45) is 7.90. The third-order valence-corrected chi connectivity index (χ3v) is 3.10. The molecule has 0 saturated heterocycles. The third kappa shape index (κ3) is 4.88. The Hall–Kier alpha value is -0.970. The van der Waals surface area contributed by atoms with Gasteiger partial charge in [-0.2, -0.15) is 0 Å². The summed E-state index contributed by atoms with van der Waals surface area (Å²) in [6.45, 7) is 3.74. The molecule has 0 aromatic heterocycles. The van der Waals surface area contributed by atoms with Crippen LogP contribution in [0.1, 0.15) is 52.4 Å².